The standard InChI is InChI=1S/C38H40N4O4/c43-21-35-29(27-7-3-1-4-8-27)36(22-44)32-38(24-46)30(28-9-5-2-6-10-28)37(23-45,31(35)41(32)19-25-11-15-39-16-12-25)33(35)42(34(36)38)20-26-13-17-40-18-14-26/h1-18,29-34,43-46H,19-24H2. The van der Waals surface area contributed by atoms with Crippen LogP contribution in [0.25, 0.3) is 0 Å². The monoisotopic (exact) mass is 616 g/mol. The molecule has 2 aromatic heterocycles. The minimum Gasteiger partial charge on any atom is -0.396 e. The van der Waals surface area contributed by atoms with Crippen LogP contribution in [0.3, 0.4) is 0 Å². The second-order valence-corrected chi connectivity index (χ2v) is 14.4. The third kappa shape index (κ3) is 3.03. The van der Waals surface area contributed by atoms with Crippen molar-refractivity contribution in [1.82, 2.24) is 19.8 Å². The van der Waals surface area contributed by atoms with Crippen LogP contribution in [0.5, 0.6) is 0 Å². The van der Waals surface area contributed by atoms with E-state index in [1.807, 2.05) is 60.7 Å². The Labute approximate surface area is 269 Å². The number of hydrogen-bond donors (Lipinski definition) is 4. The van der Waals surface area contributed by atoms with Crippen molar-refractivity contribution in [2.24, 2.45) is 21.7 Å². The van der Waals surface area contributed by atoms with E-state index < -0.39 is 21.7 Å². The first-order chi connectivity index (χ1) is 22.6. The summed E-state index contributed by atoms with van der Waals surface area (Å²) in [6.45, 7) is 0.821. The van der Waals surface area contributed by atoms with Crippen molar-refractivity contribution in [1.29, 1.82) is 0 Å². The van der Waals surface area contributed by atoms with Crippen LogP contribution in [0, 0.1) is 21.7 Å². The molecule has 0 amide bonds. The number of benzene rings is 2. The Morgan fingerprint density at radius 2 is 0.761 bits per heavy atom. The van der Waals surface area contributed by atoms with Crippen molar-refractivity contribution in [2.45, 2.75) is 49.1 Å². The molecule has 4 aromatic rings. The molecular formula is C38H40N4O4. The summed E-state index contributed by atoms with van der Waals surface area (Å²) < 4.78 is 0. The Morgan fingerprint density at radius 3 is 1.04 bits per heavy atom. The highest BCUT2D eigenvalue weighted by Crippen LogP contribution is 2.91. The van der Waals surface area contributed by atoms with E-state index in [2.05, 4.69) is 44.0 Å². The minimum absolute atomic E-state index is 0.0852. The van der Waals surface area contributed by atoms with Gasteiger partial charge in [0.05, 0.1) is 26.4 Å². The molecule has 0 unspecified atom stereocenters. The molecule has 46 heavy (non-hydrogen) atoms. The van der Waals surface area contributed by atoms with Gasteiger partial charge in [0.25, 0.3) is 0 Å². The van der Waals surface area contributed by atoms with Gasteiger partial charge in [-0.2, -0.15) is 0 Å². The summed E-state index contributed by atoms with van der Waals surface area (Å²) in [5.74, 6) is -0.334. The first-order valence-electron chi connectivity index (χ1n) is 16.4. The molecule has 6 heterocycles. The van der Waals surface area contributed by atoms with Gasteiger partial charge < -0.3 is 20.4 Å². The molecule has 4 saturated heterocycles. The van der Waals surface area contributed by atoms with Crippen molar-refractivity contribution in [3.8, 4) is 0 Å². The fraction of sp³-hybridized carbons (Fsp3) is 0.421. The molecule has 0 radical (unpaired) electrons. The lowest BCUT2D eigenvalue weighted by molar-refractivity contribution is -0.493. The quantitative estimate of drug-likeness (QED) is 0.215. The van der Waals surface area contributed by atoms with Gasteiger partial charge in [-0.3, -0.25) is 19.8 Å². The maximum Gasteiger partial charge on any atom is 0.0524 e. The summed E-state index contributed by atoms with van der Waals surface area (Å²) in [7, 11) is 0. The Kier molecular flexibility index (Phi) is 6.24. The van der Waals surface area contributed by atoms with Gasteiger partial charge >= 0.3 is 0 Å². The maximum absolute atomic E-state index is 11.9. The number of piperidine rings is 4. The van der Waals surface area contributed by atoms with Crippen LogP contribution in [0.4, 0.5) is 0 Å². The number of nitrogens with zero attached hydrogens (tertiary/aromatic N) is 4. The molecule has 4 aliphatic heterocycles. The van der Waals surface area contributed by atoms with E-state index in [-0.39, 0.29) is 62.4 Å². The molecule has 236 valence electrons. The predicted octanol–water partition coefficient (Wildman–Crippen LogP) is 2.81. The zero-order chi connectivity index (χ0) is 31.3. The first kappa shape index (κ1) is 28.7. The smallest absolute Gasteiger partial charge is 0.0524 e. The number of hydrogen-bond acceptors (Lipinski definition) is 8. The first-order valence-corrected chi connectivity index (χ1v) is 16.4. The maximum atomic E-state index is 11.9. The number of aliphatic hydroxyl groups is 4. The van der Waals surface area contributed by atoms with Crippen molar-refractivity contribution in [3.63, 3.8) is 0 Å². The highest BCUT2D eigenvalue weighted by molar-refractivity contribution is 5.57. The van der Waals surface area contributed by atoms with E-state index in [4.69, 9.17) is 0 Å². The van der Waals surface area contributed by atoms with Crippen molar-refractivity contribution in [3.05, 3.63) is 132 Å². The van der Waals surface area contributed by atoms with Crippen molar-refractivity contribution >= 4 is 0 Å². The summed E-state index contributed by atoms with van der Waals surface area (Å²) in [4.78, 5) is 13.5. The molecule has 0 atom stereocenters. The van der Waals surface area contributed by atoms with Gasteiger partial charge in [0.2, 0.25) is 0 Å². The van der Waals surface area contributed by atoms with Gasteiger partial charge in [-0.05, 0) is 46.5 Å². The Balaban J connectivity index is 1.36. The van der Waals surface area contributed by atoms with E-state index in [1.54, 1.807) is 24.8 Å². The molecule has 8 nitrogen and oxygen atoms in total. The average molecular weight is 617 g/mol. The van der Waals surface area contributed by atoms with Crippen molar-refractivity contribution < 1.29 is 20.4 Å². The third-order valence-corrected chi connectivity index (χ3v) is 13.1. The molecule has 8 bridgehead atoms. The van der Waals surface area contributed by atoms with Crippen LogP contribution < -0.4 is 0 Å². The lowest BCUT2D eigenvalue weighted by Gasteiger charge is -2.98. The highest BCUT2D eigenvalue weighted by Gasteiger charge is 2.99. The topological polar surface area (TPSA) is 113 Å². The number of aliphatic hydroxyl groups excluding tert-OH is 4. The molecule has 6 fully saturated rings. The summed E-state index contributed by atoms with van der Waals surface area (Å²) in [5.41, 5.74) is 1.65. The van der Waals surface area contributed by atoms with E-state index in [9.17, 15) is 20.4 Å². The third-order valence-electron chi connectivity index (χ3n) is 13.1. The van der Waals surface area contributed by atoms with E-state index in [1.165, 1.54) is 0 Å². The number of rotatable bonds is 10. The minimum atomic E-state index is -0.686. The second-order valence-electron chi connectivity index (χ2n) is 14.4. The number of pyridine rings is 2. The summed E-state index contributed by atoms with van der Waals surface area (Å²) in [5, 5.41) is 47.8. The Morgan fingerprint density at radius 1 is 0.457 bits per heavy atom. The Bertz CT molecular complexity index is 1530. The lowest BCUT2D eigenvalue weighted by atomic mass is 9.16. The molecular weight excluding hydrogens is 576 g/mol. The molecule has 10 rings (SSSR count). The normalized spacial score (nSPS) is 40.0. The Hall–Kier alpha value is -3.50. The summed E-state index contributed by atoms with van der Waals surface area (Å²) in [6, 6.07) is 28.0. The van der Waals surface area contributed by atoms with E-state index in [0.29, 0.717) is 13.1 Å². The average Bonchev–Trinajstić information content (AvgIpc) is 3.09. The lowest BCUT2D eigenvalue weighted by Crippen LogP contribution is -3.07. The zero-order valence-electron chi connectivity index (χ0n) is 25.7. The van der Waals surface area contributed by atoms with Crippen LogP contribution >= 0.6 is 0 Å². The van der Waals surface area contributed by atoms with Gasteiger partial charge in [-0.15, -0.1) is 0 Å². The SMILES string of the molecule is OCC12C(c3ccccc3)C3(CO)C4N(Cc5ccncc5)C1C1(CO)C(c5ccccc5)C4(CO)C3N(Cc3ccncc3)C21. The van der Waals surface area contributed by atoms with Gasteiger partial charge in [-0.1, -0.05) is 60.7 Å². The van der Waals surface area contributed by atoms with Gasteiger partial charge in [0.1, 0.15) is 0 Å². The van der Waals surface area contributed by atoms with Gasteiger partial charge in [0.15, 0.2) is 0 Å². The molecule has 0 spiro atoms. The molecule has 2 aliphatic carbocycles. The van der Waals surface area contributed by atoms with Gasteiger partial charge in [0, 0.05) is 95.5 Å². The van der Waals surface area contributed by atoms with E-state index >= 15 is 0 Å². The second kappa shape index (κ2) is 10.0. The highest BCUT2D eigenvalue weighted by atomic mass is 16.3. The van der Waals surface area contributed by atoms with Crippen LogP contribution in [-0.4, -0.2) is 90.8 Å². The zero-order valence-corrected chi connectivity index (χ0v) is 25.7. The molecule has 4 N–H and O–H groups in total. The van der Waals surface area contributed by atoms with Crippen molar-refractivity contribution in [2.75, 3.05) is 26.4 Å². The summed E-state index contributed by atoms with van der Waals surface area (Å²) in [6.07, 6.45) is 7.21. The summed E-state index contributed by atoms with van der Waals surface area (Å²) >= 11 is 0. The van der Waals surface area contributed by atoms with Crippen LogP contribution in [-0.2, 0) is 13.1 Å². The fourth-order valence-electron chi connectivity index (χ4n) is 12.8. The van der Waals surface area contributed by atoms with Crippen LogP contribution in [0.2, 0.25) is 0 Å². The number of aromatic nitrogens is 2. The molecule has 8 heteroatoms. The van der Waals surface area contributed by atoms with Crippen LogP contribution in [0.1, 0.15) is 34.1 Å². The van der Waals surface area contributed by atoms with Gasteiger partial charge in [-0.25, -0.2) is 0 Å². The molecule has 2 saturated carbocycles. The molecule has 6 aliphatic rings. The predicted molar refractivity (Wildman–Crippen MR) is 171 cm³/mol. The fourth-order valence-corrected chi connectivity index (χ4v) is 12.8. The van der Waals surface area contributed by atoms with E-state index in [0.717, 1.165) is 22.3 Å². The van der Waals surface area contributed by atoms with Crippen LogP contribution in [0.15, 0.2) is 110 Å². The molecule has 2 aromatic carbocycles. The largest absolute Gasteiger partial charge is 0.396 e.